The van der Waals surface area contributed by atoms with Gasteiger partial charge in [-0.05, 0) is 6.07 Å². The predicted octanol–water partition coefficient (Wildman–Crippen LogP) is -2.03. The van der Waals surface area contributed by atoms with Gasteiger partial charge in [-0.15, -0.1) is 0 Å². The first-order chi connectivity index (χ1) is 9.19. The van der Waals surface area contributed by atoms with E-state index in [0.717, 1.165) is 0 Å². The van der Waals surface area contributed by atoms with Gasteiger partial charge in [-0.1, -0.05) is 0 Å². The second-order valence-electron chi connectivity index (χ2n) is 4.04. The number of aromatic nitrogens is 2. The summed E-state index contributed by atoms with van der Waals surface area (Å²) in [5, 5.41) is 0. The molecule has 106 valence electrons. The summed E-state index contributed by atoms with van der Waals surface area (Å²) in [6.07, 6.45) is 0.477. The lowest BCUT2D eigenvalue weighted by molar-refractivity contribution is -0.0804. The zero-order chi connectivity index (χ0) is 13.8. The van der Waals surface area contributed by atoms with Crippen molar-refractivity contribution in [3.05, 3.63) is 22.7 Å². The lowest BCUT2D eigenvalue weighted by atomic mass is 10.2. The predicted molar refractivity (Wildman–Crippen MR) is 64.0 cm³/mol. The van der Waals surface area contributed by atoms with Crippen LogP contribution in [0.1, 0.15) is 12.6 Å². The molecule has 0 aromatic carbocycles. The molecule has 1 aromatic rings. The first-order valence-electron chi connectivity index (χ1n) is 5.58. The Morgan fingerprint density at radius 3 is 2.95 bits per heavy atom. The fraction of sp³-hybridized carbons (Fsp3) is 0.556. The number of ether oxygens (including phenoxy) is 1. The Labute approximate surface area is 108 Å². The van der Waals surface area contributed by atoms with Crippen LogP contribution >= 0.6 is 0 Å². The van der Waals surface area contributed by atoms with Gasteiger partial charge in [0.25, 0.3) is 0 Å². The highest BCUT2D eigenvalue weighted by molar-refractivity contribution is 5.29. The molecule has 1 aromatic heterocycles. The molecule has 0 aliphatic carbocycles. The summed E-state index contributed by atoms with van der Waals surface area (Å²) in [5.41, 5.74) is 1.75. The number of rotatable bonds is 5. The standard InChI is InChI=1S/C9H16N6O4/c10-14-7-1-2-15(9(16)13-7)8-6(19-12)3-5(18-8)4-17-11/h1-2,5-6,8H,3-4,10-12H2,(H,13,14,16)/t5-,6-,8+/m0/s1. The monoisotopic (exact) mass is 272 g/mol. The van der Waals surface area contributed by atoms with E-state index in [1.165, 1.54) is 16.8 Å². The zero-order valence-corrected chi connectivity index (χ0v) is 10.1. The van der Waals surface area contributed by atoms with Crippen molar-refractivity contribution in [1.82, 2.24) is 9.55 Å². The van der Waals surface area contributed by atoms with Crippen LogP contribution in [0.2, 0.25) is 0 Å². The van der Waals surface area contributed by atoms with Gasteiger partial charge in [0.1, 0.15) is 11.9 Å². The SMILES string of the molecule is NNc1ccn([C@@H]2O[C@H](CON)C[C@@H]2ON)c(=O)n1. The number of nitrogen functional groups attached to an aromatic ring is 1. The molecule has 1 aliphatic rings. The fourth-order valence-electron chi connectivity index (χ4n) is 1.98. The quantitative estimate of drug-likeness (QED) is 0.351. The summed E-state index contributed by atoms with van der Waals surface area (Å²) in [5.74, 6) is 15.6. The second kappa shape index (κ2) is 6.06. The Morgan fingerprint density at radius 2 is 2.37 bits per heavy atom. The van der Waals surface area contributed by atoms with E-state index in [-0.39, 0.29) is 18.5 Å². The number of nitrogens with zero attached hydrogens (tertiary/aromatic N) is 2. The second-order valence-corrected chi connectivity index (χ2v) is 4.04. The lowest BCUT2D eigenvalue weighted by Gasteiger charge is -2.18. The molecular formula is C9H16N6O4. The number of hydrazine groups is 1. The maximum Gasteiger partial charge on any atom is 0.351 e. The molecule has 19 heavy (non-hydrogen) atoms. The van der Waals surface area contributed by atoms with Gasteiger partial charge in [-0.2, -0.15) is 4.98 Å². The fourth-order valence-corrected chi connectivity index (χ4v) is 1.98. The van der Waals surface area contributed by atoms with Crippen LogP contribution in [0.25, 0.3) is 0 Å². The molecule has 10 heteroatoms. The number of nitrogens with two attached hydrogens (primary N) is 3. The summed E-state index contributed by atoms with van der Waals surface area (Å²) >= 11 is 0. The van der Waals surface area contributed by atoms with Gasteiger partial charge in [0, 0.05) is 12.6 Å². The van der Waals surface area contributed by atoms with E-state index >= 15 is 0 Å². The summed E-state index contributed by atoms with van der Waals surface area (Å²) in [6, 6.07) is 1.53. The third-order valence-corrected chi connectivity index (χ3v) is 2.85. The summed E-state index contributed by atoms with van der Waals surface area (Å²) in [6.45, 7) is 0.182. The highest BCUT2D eigenvalue weighted by Gasteiger charge is 2.38. The smallest absolute Gasteiger partial charge is 0.349 e. The molecule has 0 spiro atoms. The Bertz CT molecular complexity index is 480. The van der Waals surface area contributed by atoms with Crippen LogP contribution in [-0.4, -0.2) is 28.4 Å². The van der Waals surface area contributed by atoms with Crippen LogP contribution in [0.4, 0.5) is 5.82 Å². The maximum absolute atomic E-state index is 11.8. The molecule has 0 saturated carbocycles. The topological polar surface area (TPSA) is 153 Å². The largest absolute Gasteiger partial charge is 0.351 e. The minimum atomic E-state index is -0.683. The summed E-state index contributed by atoms with van der Waals surface area (Å²) in [7, 11) is 0. The van der Waals surface area contributed by atoms with Crippen molar-refractivity contribution < 1.29 is 14.4 Å². The molecule has 2 rings (SSSR count). The Hall–Kier alpha value is -1.56. The molecule has 0 amide bonds. The first kappa shape index (κ1) is 13.9. The summed E-state index contributed by atoms with van der Waals surface area (Å²) < 4.78 is 6.88. The van der Waals surface area contributed by atoms with E-state index in [4.69, 9.17) is 27.2 Å². The average molecular weight is 272 g/mol. The van der Waals surface area contributed by atoms with Crippen LogP contribution in [0.15, 0.2) is 17.1 Å². The van der Waals surface area contributed by atoms with Gasteiger partial charge in [0.2, 0.25) is 0 Å². The molecule has 1 aliphatic heterocycles. The Kier molecular flexibility index (Phi) is 4.42. The van der Waals surface area contributed by atoms with E-state index in [9.17, 15) is 4.79 Å². The molecule has 0 radical (unpaired) electrons. The molecule has 1 saturated heterocycles. The van der Waals surface area contributed by atoms with Crippen LogP contribution < -0.4 is 28.8 Å². The van der Waals surface area contributed by atoms with Crippen molar-refractivity contribution in [1.29, 1.82) is 0 Å². The molecule has 1 fully saturated rings. The minimum Gasteiger partial charge on any atom is -0.349 e. The van der Waals surface area contributed by atoms with Crippen molar-refractivity contribution in [2.24, 2.45) is 17.6 Å². The number of nitrogens with one attached hydrogen (secondary N) is 1. The van der Waals surface area contributed by atoms with Crippen LogP contribution in [-0.2, 0) is 14.4 Å². The highest BCUT2D eigenvalue weighted by Crippen LogP contribution is 2.29. The molecule has 2 heterocycles. The van der Waals surface area contributed by atoms with Gasteiger partial charge < -0.3 is 15.0 Å². The van der Waals surface area contributed by atoms with E-state index in [2.05, 4.69) is 15.2 Å². The van der Waals surface area contributed by atoms with Crippen molar-refractivity contribution in [3.8, 4) is 0 Å². The average Bonchev–Trinajstić information content (AvgIpc) is 2.81. The minimum absolute atomic E-state index is 0.182. The van der Waals surface area contributed by atoms with Crippen molar-refractivity contribution in [3.63, 3.8) is 0 Å². The van der Waals surface area contributed by atoms with E-state index in [1.54, 1.807) is 0 Å². The van der Waals surface area contributed by atoms with E-state index in [0.29, 0.717) is 6.42 Å². The van der Waals surface area contributed by atoms with Gasteiger partial charge in [0.15, 0.2) is 6.23 Å². The molecule has 3 atom stereocenters. The number of hydrogen-bond donors (Lipinski definition) is 4. The van der Waals surface area contributed by atoms with Crippen LogP contribution in [0, 0.1) is 0 Å². The van der Waals surface area contributed by atoms with Crippen molar-refractivity contribution >= 4 is 5.82 Å². The molecule has 10 nitrogen and oxygen atoms in total. The molecular weight excluding hydrogens is 256 g/mol. The van der Waals surface area contributed by atoms with Gasteiger partial charge in [-0.3, -0.25) is 9.40 Å². The van der Waals surface area contributed by atoms with Crippen molar-refractivity contribution in [2.75, 3.05) is 12.0 Å². The van der Waals surface area contributed by atoms with Gasteiger partial charge in [-0.25, -0.2) is 22.4 Å². The number of hydrogen-bond acceptors (Lipinski definition) is 9. The highest BCUT2D eigenvalue weighted by atomic mass is 16.7. The van der Waals surface area contributed by atoms with Gasteiger partial charge >= 0.3 is 5.69 Å². The van der Waals surface area contributed by atoms with Crippen LogP contribution in [0.3, 0.4) is 0 Å². The maximum atomic E-state index is 11.8. The number of anilines is 1. The van der Waals surface area contributed by atoms with E-state index < -0.39 is 18.0 Å². The zero-order valence-electron chi connectivity index (χ0n) is 10.1. The molecule has 0 unspecified atom stereocenters. The molecule has 0 bridgehead atoms. The summed E-state index contributed by atoms with van der Waals surface area (Å²) in [4.78, 5) is 24.9. The Morgan fingerprint density at radius 1 is 1.58 bits per heavy atom. The van der Waals surface area contributed by atoms with E-state index in [1.807, 2.05) is 0 Å². The van der Waals surface area contributed by atoms with Crippen molar-refractivity contribution in [2.45, 2.75) is 24.9 Å². The van der Waals surface area contributed by atoms with Gasteiger partial charge in [0.05, 0.1) is 12.7 Å². The molecule has 7 N–H and O–H groups in total. The lowest BCUT2D eigenvalue weighted by Crippen LogP contribution is -2.34. The Balaban J connectivity index is 2.22. The normalized spacial score (nSPS) is 26.6. The third kappa shape index (κ3) is 2.89. The third-order valence-electron chi connectivity index (χ3n) is 2.85. The first-order valence-corrected chi connectivity index (χ1v) is 5.58. The van der Waals surface area contributed by atoms with Crippen LogP contribution in [0.5, 0.6) is 0 Å².